The van der Waals surface area contributed by atoms with Gasteiger partial charge in [0.2, 0.25) is 0 Å². The second-order valence-corrected chi connectivity index (χ2v) is 8.01. The van der Waals surface area contributed by atoms with Crippen LogP contribution in [-0.2, 0) is 6.42 Å². The molecule has 2 nitrogen and oxygen atoms in total. The standard InChI is InChI=1S/C15H34N.C8H9N.ClH/c1-5-6-7-8-9-10-11-12-13-14-15-16(2,3)4;1-2-5-8-6-3-4-7-9-8;/h5-15H2,1-4H3;2-4,6-7H,1,5H2;1H/q+1;;/p-1. The van der Waals surface area contributed by atoms with Gasteiger partial charge in [0, 0.05) is 18.3 Å². The quantitative estimate of drug-likeness (QED) is 0.289. The lowest BCUT2D eigenvalue weighted by Gasteiger charge is -2.23. The van der Waals surface area contributed by atoms with Gasteiger partial charge >= 0.3 is 0 Å². The fraction of sp³-hybridized carbons (Fsp3) is 0.696. The first kappa shape index (κ1) is 27.4. The summed E-state index contributed by atoms with van der Waals surface area (Å²) in [5.41, 5.74) is 1.08. The molecule has 1 aromatic rings. The monoisotopic (exact) mass is 382 g/mol. The van der Waals surface area contributed by atoms with E-state index >= 15 is 0 Å². The van der Waals surface area contributed by atoms with Gasteiger partial charge in [0.25, 0.3) is 0 Å². The molecule has 26 heavy (non-hydrogen) atoms. The summed E-state index contributed by atoms with van der Waals surface area (Å²) in [7, 11) is 6.86. The van der Waals surface area contributed by atoms with Crippen LogP contribution in [0.25, 0.3) is 0 Å². The number of allylic oxidation sites excluding steroid dienone is 1. The summed E-state index contributed by atoms with van der Waals surface area (Å²) < 4.78 is 1.12. The van der Waals surface area contributed by atoms with Crippen LogP contribution < -0.4 is 12.4 Å². The van der Waals surface area contributed by atoms with Crippen molar-refractivity contribution in [1.29, 1.82) is 0 Å². The molecule has 0 spiro atoms. The molecule has 0 atom stereocenters. The number of quaternary nitrogens is 1. The van der Waals surface area contributed by atoms with Gasteiger partial charge in [-0.1, -0.05) is 70.4 Å². The molecular weight excluding hydrogens is 340 g/mol. The van der Waals surface area contributed by atoms with Crippen molar-refractivity contribution in [2.24, 2.45) is 0 Å². The number of halogens is 1. The maximum Gasteiger partial charge on any atom is 0.0780 e. The third kappa shape index (κ3) is 21.2. The Morgan fingerprint density at radius 3 is 1.85 bits per heavy atom. The van der Waals surface area contributed by atoms with Crippen molar-refractivity contribution in [3.63, 3.8) is 0 Å². The van der Waals surface area contributed by atoms with Gasteiger partial charge in [-0.3, -0.25) is 4.98 Å². The van der Waals surface area contributed by atoms with Crippen LogP contribution in [0.5, 0.6) is 0 Å². The molecule has 0 aliphatic carbocycles. The van der Waals surface area contributed by atoms with Crippen molar-refractivity contribution in [3.8, 4) is 0 Å². The summed E-state index contributed by atoms with van der Waals surface area (Å²) in [5.74, 6) is 0. The third-order valence-electron chi connectivity index (χ3n) is 4.26. The molecular formula is C23H43ClN2. The lowest BCUT2D eigenvalue weighted by Crippen LogP contribution is -3.00. The fourth-order valence-electron chi connectivity index (χ4n) is 2.74. The molecule has 0 N–H and O–H groups in total. The van der Waals surface area contributed by atoms with Crippen LogP contribution in [-0.4, -0.2) is 37.2 Å². The normalized spacial score (nSPS) is 10.5. The van der Waals surface area contributed by atoms with Gasteiger partial charge < -0.3 is 16.9 Å². The van der Waals surface area contributed by atoms with Crippen LogP contribution in [0.4, 0.5) is 0 Å². The highest BCUT2D eigenvalue weighted by Crippen LogP contribution is 2.11. The van der Waals surface area contributed by atoms with Gasteiger partial charge in [-0.15, -0.1) is 6.58 Å². The number of rotatable bonds is 13. The van der Waals surface area contributed by atoms with E-state index in [1.807, 2.05) is 24.3 Å². The Bertz CT molecular complexity index is 398. The molecule has 0 fully saturated rings. The first-order chi connectivity index (χ1) is 12.0. The van der Waals surface area contributed by atoms with E-state index in [4.69, 9.17) is 0 Å². The predicted molar refractivity (Wildman–Crippen MR) is 113 cm³/mol. The largest absolute Gasteiger partial charge is 1.00 e. The Balaban J connectivity index is 0. The Labute approximate surface area is 170 Å². The van der Waals surface area contributed by atoms with Gasteiger partial charge in [-0.2, -0.15) is 0 Å². The van der Waals surface area contributed by atoms with Crippen molar-refractivity contribution in [1.82, 2.24) is 4.98 Å². The number of hydrogen-bond donors (Lipinski definition) is 0. The molecule has 0 amide bonds. The molecule has 0 bridgehead atoms. The Morgan fingerprint density at radius 2 is 1.42 bits per heavy atom. The SMILES string of the molecule is C=CCc1ccccn1.CCCCCCCCCCCC[N+](C)(C)C.[Cl-]. The number of nitrogens with zero attached hydrogens (tertiary/aromatic N) is 2. The minimum absolute atomic E-state index is 0. The van der Waals surface area contributed by atoms with E-state index in [2.05, 4.69) is 39.6 Å². The summed E-state index contributed by atoms with van der Waals surface area (Å²) in [6.45, 7) is 7.23. The van der Waals surface area contributed by atoms with Crippen LogP contribution in [0.15, 0.2) is 37.1 Å². The lowest BCUT2D eigenvalue weighted by molar-refractivity contribution is -0.870. The maximum absolute atomic E-state index is 4.10. The van der Waals surface area contributed by atoms with E-state index in [0.29, 0.717) is 0 Å². The van der Waals surface area contributed by atoms with Crippen LogP contribution in [0.2, 0.25) is 0 Å². The van der Waals surface area contributed by atoms with Crippen LogP contribution in [0.1, 0.15) is 76.8 Å². The third-order valence-corrected chi connectivity index (χ3v) is 4.26. The lowest BCUT2D eigenvalue weighted by atomic mass is 10.1. The number of unbranched alkanes of at least 4 members (excludes halogenated alkanes) is 9. The minimum atomic E-state index is 0. The second-order valence-electron chi connectivity index (χ2n) is 8.01. The zero-order chi connectivity index (χ0) is 18.8. The Morgan fingerprint density at radius 1 is 0.885 bits per heavy atom. The predicted octanol–water partition coefficient (Wildman–Crippen LogP) is 3.43. The molecule has 0 saturated carbocycles. The summed E-state index contributed by atoms with van der Waals surface area (Å²) >= 11 is 0. The molecule has 0 saturated heterocycles. The molecule has 0 radical (unpaired) electrons. The minimum Gasteiger partial charge on any atom is -1.00 e. The van der Waals surface area contributed by atoms with Crippen molar-refractivity contribution in [2.75, 3.05) is 27.7 Å². The molecule has 152 valence electrons. The molecule has 0 aliphatic rings. The van der Waals surface area contributed by atoms with E-state index in [0.717, 1.165) is 16.6 Å². The van der Waals surface area contributed by atoms with Gasteiger partial charge in [0.05, 0.1) is 27.7 Å². The highest BCUT2D eigenvalue weighted by molar-refractivity contribution is 5.06. The molecule has 1 aromatic heterocycles. The molecule has 1 heterocycles. The molecule has 1 rings (SSSR count). The number of hydrogen-bond acceptors (Lipinski definition) is 1. The van der Waals surface area contributed by atoms with Gasteiger partial charge in [-0.25, -0.2) is 0 Å². The van der Waals surface area contributed by atoms with Crippen molar-refractivity contribution in [2.45, 2.75) is 77.6 Å². The fourth-order valence-corrected chi connectivity index (χ4v) is 2.74. The summed E-state index contributed by atoms with van der Waals surface area (Å²) in [6, 6.07) is 5.88. The van der Waals surface area contributed by atoms with E-state index in [1.165, 1.54) is 70.8 Å². The highest BCUT2D eigenvalue weighted by Gasteiger charge is 2.04. The number of pyridine rings is 1. The molecule has 3 heteroatoms. The van der Waals surface area contributed by atoms with Gasteiger partial charge in [0.1, 0.15) is 0 Å². The van der Waals surface area contributed by atoms with Gasteiger partial charge in [-0.05, 0) is 25.0 Å². The molecule has 0 aromatic carbocycles. The van der Waals surface area contributed by atoms with Crippen LogP contribution in [0.3, 0.4) is 0 Å². The van der Waals surface area contributed by atoms with Crippen molar-refractivity contribution >= 4 is 0 Å². The zero-order valence-electron chi connectivity index (χ0n) is 17.9. The first-order valence-corrected chi connectivity index (χ1v) is 10.3. The van der Waals surface area contributed by atoms with E-state index in [-0.39, 0.29) is 12.4 Å². The topological polar surface area (TPSA) is 12.9 Å². The smallest absolute Gasteiger partial charge is 0.0780 e. The van der Waals surface area contributed by atoms with Crippen LogP contribution >= 0.6 is 0 Å². The van der Waals surface area contributed by atoms with Crippen molar-refractivity contribution in [3.05, 3.63) is 42.7 Å². The average Bonchev–Trinajstić information content (AvgIpc) is 2.57. The number of aromatic nitrogens is 1. The van der Waals surface area contributed by atoms with E-state index in [9.17, 15) is 0 Å². The Hall–Kier alpha value is -0.860. The second kappa shape index (κ2) is 18.9. The summed E-state index contributed by atoms with van der Waals surface area (Å²) in [6.07, 6.45) is 18.9. The molecule has 0 aliphatic heterocycles. The maximum atomic E-state index is 4.10. The van der Waals surface area contributed by atoms with E-state index in [1.54, 1.807) is 6.20 Å². The van der Waals surface area contributed by atoms with E-state index < -0.39 is 0 Å². The Kier molecular flexibility index (Phi) is 19.9. The highest BCUT2D eigenvalue weighted by atomic mass is 35.5. The average molecular weight is 383 g/mol. The zero-order valence-corrected chi connectivity index (χ0v) is 18.6. The summed E-state index contributed by atoms with van der Waals surface area (Å²) in [5, 5.41) is 0. The van der Waals surface area contributed by atoms with Crippen LogP contribution in [0, 0.1) is 0 Å². The van der Waals surface area contributed by atoms with Crippen molar-refractivity contribution < 1.29 is 16.9 Å². The molecule has 0 unspecified atom stereocenters. The van der Waals surface area contributed by atoms with Gasteiger partial charge in [0.15, 0.2) is 0 Å². The first-order valence-electron chi connectivity index (χ1n) is 10.3. The summed E-state index contributed by atoms with van der Waals surface area (Å²) in [4.78, 5) is 4.10.